The zero-order chi connectivity index (χ0) is 14.7. The molecule has 0 bridgehead atoms. The fraction of sp³-hybridized carbons (Fsp3) is 0.412. The molecule has 0 saturated heterocycles. The number of aryl methyl sites for hydroxylation is 2. The predicted molar refractivity (Wildman–Crippen MR) is 85.4 cm³/mol. The standard InChI is InChI=1S/C17H22N4/c1-13-11-14(2)20-17(19-13)18-8-10-21-9-7-15-5-3-4-6-16(15)12-21/h3-6,11H,7-10,12H2,1-2H3,(H,18,19,20). The summed E-state index contributed by atoms with van der Waals surface area (Å²) < 4.78 is 0. The van der Waals surface area contributed by atoms with Crippen molar-refractivity contribution in [2.45, 2.75) is 26.8 Å². The summed E-state index contributed by atoms with van der Waals surface area (Å²) in [6.07, 6.45) is 1.15. The van der Waals surface area contributed by atoms with E-state index in [4.69, 9.17) is 0 Å². The second-order valence-electron chi connectivity index (χ2n) is 5.70. The van der Waals surface area contributed by atoms with Crippen LogP contribution in [0, 0.1) is 13.8 Å². The molecule has 1 aromatic carbocycles. The van der Waals surface area contributed by atoms with Gasteiger partial charge in [-0.2, -0.15) is 0 Å². The van der Waals surface area contributed by atoms with Crippen LogP contribution in [0.5, 0.6) is 0 Å². The van der Waals surface area contributed by atoms with Crippen LogP contribution in [-0.2, 0) is 13.0 Å². The van der Waals surface area contributed by atoms with E-state index in [1.54, 1.807) is 0 Å². The Morgan fingerprint density at radius 1 is 1.10 bits per heavy atom. The first-order chi connectivity index (χ1) is 10.2. The zero-order valence-electron chi connectivity index (χ0n) is 12.8. The third-order valence-electron chi connectivity index (χ3n) is 3.90. The molecular weight excluding hydrogens is 260 g/mol. The van der Waals surface area contributed by atoms with Crippen LogP contribution in [0.1, 0.15) is 22.5 Å². The van der Waals surface area contributed by atoms with Crippen molar-refractivity contribution in [2.24, 2.45) is 0 Å². The minimum Gasteiger partial charge on any atom is -0.353 e. The van der Waals surface area contributed by atoms with Crippen molar-refractivity contribution >= 4 is 5.95 Å². The number of benzene rings is 1. The molecule has 4 heteroatoms. The number of nitrogens with one attached hydrogen (secondary N) is 1. The summed E-state index contributed by atoms with van der Waals surface area (Å²) in [6, 6.07) is 10.7. The Labute approximate surface area is 126 Å². The lowest BCUT2D eigenvalue weighted by atomic mass is 10.00. The molecule has 1 aliphatic heterocycles. The molecule has 21 heavy (non-hydrogen) atoms. The maximum Gasteiger partial charge on any atom is 0.223 e. The van der Waals surface area contributed by atoms with E-state index in [-0.39, 0.29) is 0 Å². The van der Waals surface area contributed by atoms with E-state index in [1.807, 2.05) is 19.9 Å². The molecule has 0 saturated carbocycles. The molecule has 1 N–H and O–H groups in total. The highest BCUT2D eigenvalue weighted by atomic mass is 15.2. The van der Waals surface area contributed by atoms with Gasteiger partial charge in [0.1, 0.15) is 0 Å². The van der Waals surface area contributed by atoms with Gasteiger partial charge in [0.25, 0.3) is 0 Å². The number of nitrogens with zero attached hydrogens (tertiary/aromatic N) is 3. The van der Waals surface area contributed by atoms with Crippen molar-refractivity contribution in [1.82, 2.24) is 14.9 Å². The minimum atomic E-state index is 0.741. The highest BCUT2D eigenvalue weighted by Crippen LogP contribution is 2.17. The van der Waals surface area contributed by atoms with Crippen molar-refractivity contribution in [3.8, 4) is 0 Å². The molecule has 0 spiro atoms. The van der Waals surface area contributed by atoms with Crippen LogP contribution in [-0.4, -0.2) is 34.5 Å². The van der Waals surface area contributed by atoms with Gasteiger partial charge in [-0.1, -0.05) is 24.3 Å². The largest absolute Gasteiger partial charge is 0.353 e. The molecule has 1 aliphatic rings. The molecule has 0 radical (unpaired) electrons. The van der Waals surface area contributed by atoms with Crippen molar-refractivity contribution in [2.75, 3.05) is 25.0 Å². The van der Waals surface area contributed by atoms with Crippen molar-refractivity contribution in [3.05, 3.63) is 52.8 Å². The van der Waals surface area contributed by atoms with Gasteiger partial charge in [0.15, 0.2) is 0 Å². The summed E-state index contributed by atoms with van der Waals surface area (Å²) in [4.78, 5) is 11.3. The zero-order valence-corrected chi connectivity index (χ0v) is 12.8. The second kappa shape index (κ2) is 6.22. The SMILES string of the molecule is Cc1cc(C)nc(NCCN2CCc3ccccc3C2)n1. The normalized spacial score (nSPS) is 14.8. The lowest BCUT2D eigenvalue weighted by Crippen LogP contribution is -2.34. The molecule has 1 aromatic heterocycles. The van der Waals surface area contributed by atoms with E-state index in [9.17, 15) is 0 Å². The van der Waals surface area contributed by atoms with Crippen LogP contribution in [0.4, 0.5) is 5.95 Å². The average molecular weight is 282 g/mol. The molecule has 110 valence electrons. The van der Waals surface area contributed by atoms with Crippen LogP contribution in [0.3, 0.4) is 0 Å². The monoisotopic (exact) mass is 282 g/mol. The molecule has 0 aliphatic carbocycles. The fourth-order valence-electron chi connectivity index (χ4n) is 2.88. The van der Waals surface area contributed by atoms with Gasteiger partial charge in [-0.05, 0) is 37.5 Å². The molecule has 0 amide bonds. The number of rotatable bonds is 4. The molecule has 0 unspecified atom stereocenters. The summed E-state index contributed by atoms with van der Waals surface area (Å²) in [5.41, 5.74) is 4.99. The first kappa shape index (κ1) is 14.0. The summed E-state index contributed by atoms with van der Waals surface area (Å²) in [6.45, 7) is 8.08. The summed E-state index contributed by atoms with van der Waals surface area (Å²) >= 11 is 0. The highest BCUT2D eigenvalue weighted by molar-refractivity contribution is 5.30. The predicted octanol–water partition coefficient (Wildman–Crippen LogP) is 2.56. The Kier molecular flexibility index (Phi) is 4.15. The number of hydrogen-bond acceptors (Lipinski definition) is 4. The lowest BCUT2D eigenvalue weighted by Gasteiger charge is -2.28. The Morgan fingerprint density at radius 2 is 1.81 bits per heavy atom. The molecule has 3 rings (SSSR count). The van der Waals surface area contributed by atoms with E-state index < -0.39 is 0 Å². The molecule has 2 aromatic rings. The van der Waals surface area contributed by atoms with Gasteiger partial charge in [-0.25, -0.2) is 9.97 Å². The molecule has 0 fully saturated rings. The molecule has 0 atom stereocenters. The van der Waals surface area contributed by atoms with Gasteiger partial charge >= 0.3 is 0 Å². The van der Waals surface area contributed by atoms with Crippen molar-refractivity contribution in [1.29, 1.82) is 0 Å². The second-order valence-corrected chi connectivity index (χ2v) is 5.70. The molecule has 4 nitrogen and oxygen atoms in total. The van der Waals surface area contributed by atoms with Crippen LogP contribution in [0.2, 0.25) is 0 Å². The van der Waals surface area contributed by atoms with Crippen LogP contribution in [0.15, 0.2) is 30.3 Å². The van der Waals surface area contributed by atoms with E-state index in [2.05, 4.69) is 44.5 Å². The van der Waals surface area contributed by atoms with Gasteiger partial charge in [0.05, 0.1) is 0 Å². The number of hydrogen-bond donors (Lipinski definition) is 1. The van der Waals surface area contributed by atoms with Crippen molar-refractivity contribution < 1.29 is 0 Å². The third-order valence-corrected chi connectivity index (χ3v) is 3.90. The van der Waals surface area contributed by atoms with E-state index in [0.717, 1.165) is 49.9 Å². The molecular formula is C17H22N4. The smallest absolute Gasteiger partial charge is 0.223 e. The average Bonchev–Trinajstić information content (AvgIpc) is 2.46. The maximum atomic E-state index is 4.41. The fourth-order valence-corrected chi connectivity index (χ4v) is 2.88. The van der Waals surface area contributed by atoms with Crippen LogP contribution in [0.25, 0.3) is 0 Å². The van der Waals surface area contributed by atoms with Gasteiger partial charge in [0, 0.05) is 37.6 Å². The first-order valence-corrected chi connectivity index (χ1v) is 7.56. The Balaban J connectivity index is 1.52. The van der Waals surface area contributed by atoms with E-state index >= 15 is 0 Å². The summed E-state index contributed by atoms with van der Waals surface area (Å²) in [7, 11) is 0. The quantitative estimate of drug-likeness (QED) is 0.935. The van der Waals surface area contributed by atoms with Gasteiger partial charge in [-0.15, -0.1) is 0 Å². The number of anilines is 1. The number of aromatic nitrogens is 2. The topological polar surface area (TPSA) is 41.1 Å². The minimum absolute atomic E-state index is 0.741. The van der Waals surface area contributed by atoms with Crippen LogP contribution < -0.4 is 5.32 Å². The highest BCUT2D eigenvalue weighted by Gasteiger charge is 2.14. The summed E-state index contributed by atoms with van der Waals surface area (Å²) in [5, 5.41) is 3.33. The van der Waals surface area contributed by atoms with Crippen LogP contribution >= 0.6 is 0 Å². The number of fused-ring (bicyclic) bond motifs is 1. The Hall–Kier alpha value is -1.94. The Morgan fingerprint density at radius 3 is 2.57 bits per heavy atom. The van der Waals surface area contributed by atoms with Gasteiger partial charge in [0.2, 0.25) is 5.95 Å². The van der Waals surface area contributed by atoms with Gasteiger partial charge in [-0.3, -0.25) is 4.90 Å². The van der Waals surface area contributed by atoms with Gasteiger partial charge < -0.3 is 5.32 Å². The van der Waals surface area contributed by atoms with E-state index in [0.29, 0.717) is 0 Å². The van der Waals surface area contributed by atoms with Crippen molar-refractivity contribution in [3.63, 3.8) is 0 Å². The summed E-state index contributed by atoms with van der Waals surface area (Å²) in [5.74, 6) is 0.741. The Bertz CT molecular complexity index is 604. The first-order valence-electron chi connectivity index (χ1n) is 7.56. The maximum absolute atomic E-state index is 4.41. The third kappa shape index (κ3) is 3.58. The van der Waals surface area contributed by atoms with E-state index in [1.165, 1.54) is 11.1 Å². The lowest BCUT2D eigenvalue weighted by molar-refractivity contribution is 0.264. The molecule has 2 heterocycles.